The van der Waals surface area contributed by atoms with Gasteiger partial charge < -0.3 is 4.98 Å². The second-order valence-corrected chi connectivity index (χ2v) is 4.62. The molecule has 1 aromatic heterocycles. The van der Waals surface area contributed by atoms with Crippen LogP contribution in [0.1, 0.15) is 27.3 Å². The molecule has 0 aliphatic rings. The molecular weight excluding hydrogens is 262 g/mol. The fourth-order valence-corrected chi connectivity index (χ4v) is 1.97. The van der Waals surface area contributed by atoms with Crippen LogP contribution in [0.4, 0.5) is 0 Å². The largest absolute Gasteiger partial charge is 0.362 e. The van der Waals surface area contributed by atoms with Crippen LogP contribution in [0, 0.1) is 13.8 Å². The number of benzene rings is 1. The molecule has 0 unspecified atom stereocenters. The molecule has 0 bridgehead atoms. The quantitative estimate of drug-likeness (QED) is 0.656. The third-order valence-electron chi connectivity index (χ3n) is 2.68. The molecule has 2 aromatic rings. The summed E-state index contributed by atoms with van der Waals surface area (Å²) in [5, 5.41) is 4.34. The fourth-order valence-electron chi connectivity index (χ4n) is 1.75. The van der Waals surface area contributed by atoms with E-state index in [9.17, 15) is 4.79 Å². The Kier molecular flexibility index (Phi) is 4.02. The van der Waals surface area contributed by atoms with Crippen LogP contribution in [0.15, 0.2) is 35.4 Å². The number of carbonyl (C=O) groups is 1. The third kappa shape index (κ3) is 3.23. The normalized spacial score (nSPS) is 10.9. The van der Waals surface area contributed by atoms with Gasteiger partial charge in [-0.25, -0.2) is 5.43 Å². The first kappa shape index (κ1) is 13.4. The zero-order chi connectivity index (χ0) is 13.8. The summed E-state index contributed by atoms with van der Waals surface area (Å²) in [7, 11) is 0. The maximum atomic E-state index is 11.8. The summed E-state index contributed by atoms with van der Waals surface area (Å²) in [6, 6.07) is 8.80. The molecule has 0 aliphatic carbocycles. The van der Waals surface area contributed by atoms with Crippen molar-refractivity contribution in [3.8, 4) is 0 Å². The number of aryl methyl sites for hydroxylation is 2. The first-order valence-electron chi connectivity index (χ1n) is 5.82. The summed E-state index contributed by atoms with van der Waals surface area (Å²) in [5.74, 6) is -0.327. The molecule has 0 saturated heterocycles. The number of hydrogen-bond donors (Lipinski definition) is 2. The molecule has 4 nitrogen and oxygen atoms in total. The molecule has 19 heavy (non-hydrogen) atoms. The molecular formula is C14H14ClN3O. The van der Waals surface area contributed by atoms with Gasteiger partial charge >= 0.3 is 0 Å². The lowest BCUT2D eigenvalue weighted by atomic mass is 10.2. The van der Waals surface area contributed by atoms with Gasteiger partial charge in [-0.15, -0.1) is 0 Å². The van der Waals surface area contributed by atoms with Crippen LogP contribution < -0.4 is 5.43 Å². The number of nitrogens with zero attached hydrogens (tertiary/aromatic N) is 1. The average molecular weight is 276 g/mol. The molecule has 2 N–H and O–H groups in total. The molecule has 0 saturated carbocycles. The summed E-state index contributed by atoms with van der Waals surface area (Å²) in [4.78, 5) is 15.0. The molecule has 1 amide bonds. The van der Waals surface area contributed by atoms with Crippen molar-refractivity contribution < 1.29 is 4.79 Å². The van der Waals surface area contributed by atoms with E-state index < -0.39 is 0 Å². The van der Waals surface area contributed by atoms with E-state index in [1.165, 1.54) is 0 Å². The Morgan fingerprint density at radius 3 is 2.74 bits per heavy atom. The van der Waals surface area contributed by atoms with Gasteiger partial charge in [0, 0.05) is 17.0 Å². The first-order chi connectivity index (χ1) is 9.08. The van der Waals surface area contributed by atoms with E-state index in [0.29, 0.717) is 10.6 Å². The van der Waals surface area contributed by atoms with Gasteiger partial charge in [-0.3, -0.25) is 4.79 Å². The van der Waals surface area contributed by atoms with Crippen molar-refractivity contribution in [2.75, 3.05) is 0 Å². The number of H-pyrrole nitrogens is 1. The lowest BCUT2D eigenvalue weighted by Gasteiger charge is -2.01. The van der Waals surface area contributed by atoms with Gasteiger partial charge in [0.25, 0.3) is 5.91 Å². The molecule has 0 spiro atoms. The van der Waals surface area contributed by atoms with Gasteiger partial charge in [0.15, 0.2) is 0 Å². The Hall–Kier alpha value is -2.07. The SMILES string of the molecule is Cc1cc(/C=N/NC(=O)c2ccccc2Cl)c(C)[nH]1. The van der Waals surface area contributed by atoms with E-state index in [2.05, 4.69) is 15.5 Å². The summed E-state index contributed by atoms with van der Waals surface area (Å²) < 4.78 is 0. The Bertz CT molecular complexity index is 631. The van der Waals surface area contributed by atoms with Crippen molar-refractivity contribution in [3.63, 3.8) is 0 Å². The van der Waals surface area contributed by atoms with Gasteiger partial charge in [-0.2, -0.15) is 5.10 Å². The number of rotatable bonds is 3. The number of hydrazone groups is 1. The Morgan fingerprint density at radius 1 is 1.37 bits per heavy atom. The zero-order valence-corrected chi connectivity index (χ0v) is 11.5. The molecule has 1 heterocycles. The van der Waals surface area contributed by atoms with E-state index in [1.807, 2.05) is 19.9 Å². The Labute approximate surface area is 116 Å². The summed E-state index contributed by atoms with van der Waals surface area (Å²) in [5.41, 5.74) is 5.86. The highest BCUT2D eigenvalue weighted by Gasteiger charge is 2.07. The molecule has 98 valence electrons. The van der Waals surface area contributed by atoms with Crippen molar-refractivity contribution in [2.24, 2.45) is 5.10 Å². The number of carbonyl (C=O) groups excluding carboxylic acids is 1. The maximum Gasteiger partial charge on any atom is 0.272 e. The predicted octanol–water partition coefficient (Wildman–Crippen LogP) is 3.05. The van der Waals surface area contributed by atoms with Crippen LogP contribution in [0.25, 0.3) is 0 Å². The highest BCUT2D eigenvalue weighted by molar-refractivity contribution is 6.33. The van der Waals surface area contributed by atoms with Crippen molar-refractivity contribution in [2.45, 2.75) is 13.8 Å². The lowest BCUT2D eigenvalue weighted by Crippen LogP contribution is -2.17. The third-order valence-corrected chi connectivity index (χ3v) is 3.01. The predicted molar refractivity (Wildman–Crippen MR) is 76.8 cm³/mol. The highest BCUT2D eigenvalue weighted by atomic mass is 35.5. The Balaban J connectivity index is 2.05. The van der Waals surface area contributed by atoms with Gasteiger partial charge in [0.2, 0.25) is 0 Å². The highest BCUT2D eigenvalue weighted by Crippen LogP contribution is 2.14. The molecule has 0 aliphatic heterocycles. The van der Waals surface area contributed by atoms with E-state index in [0.717, 1.165) is 17.0 Å². The minimum Gasteiger partial charge on any atom is -0.362 e. The van der Waals surface area contributed by atoms with Crippen LogP contribution >= 0.6 is 11.6 Å². The van der Waals surface area contributed by atoms with Gasteiger partial charge in [-0.1, -0.05) is 23.7 Å². The molecule has 0 fully saturated rings. The molecule has 2 rings (SSSR count). The standard InChI is InChI=1S/C14H14ClN3O/c1-9-7-11(10(2)17-9)8-16-18-14(19)12-5-3-4-6-13(12)15/h3-8,17H,1-2H3,(H,18,19)/b16-8+. The summed E-state index contributed by atoms with van der Waals surface area (Å²) in [6.07, 6.45) is 1.60. The van der Waals surface area contributed by atoms with Gasteiger partial charge in [0.1, 0.15) is 0 Å². The van der Waals surface area contributed by atoms with Crippen LogP contribution in [-0.2, 0) is 0 Å². The van der Waals surface area contributed by atoms with Crippen LogP contribution in [0.5, 0.6) is 0 Å². The monoisotopic (exact) mass is 275 g/mol. The van der Waals surface area contributed by atoms with Crippen molar-refractivity contribution in [1.82, 2.24) is 10.4 Å². The van der Waals surface area contributed by atoms with E-state index in [1.54, 1.807) is 30.5 Å². The topological polar surface area (TPSA) is 57.2 Å². The smallest absolute Gasteiger partial charge is 0.272 e. The number of halogens is 1. The second kappa shape index (κ2) is 5.71. The lowest BCUT2D eigenvalue weighted by molar-refractivity contribution is 0.0955. The molecule has 0 radical (unpaired) electrons. The van der Waals surface area contributed by atoms with Crippen molar-refractivity contribution in [3.05, 3.63) is 57.9 Å². The van der Waals surface area contributed by atoms with Crippen LogP contribution in [0.3, 0.4) is 0 Å². The minimum absolute atomic E-state index is 0.327. The van der Waals surface area contributed by atoms with Crippen molar-refractivity contribution in [1.29, 1.82) is 0 Å². The van der Waals surface area contributed by atoms with E-state index in [4.69, 9.17) is 11.6 Å². The average Bonchev–Trinajstić information content (AvgIpc) is 2.68. The Morgan fingerprint density at radius 2 is 2.11 bits per heavy atom. The maximum absolute atomic E-state index is 11.8. The van der Waals surface area contributed by atoms with E-state index >= 15 is 0 Å². The summed E-state index contributed by atoms with van der Waals surface area (Å²) >= 11 is 5.93. The minimum atomic E-state index is -0.327. The first-order valence-corrected chi connectivity index (χ1v) is 6.20. The number of hydrogen-bond acceptors (Lipinski definition) is 2. The summed E-state index contributed by atoms with van der Waals surface area (Å²) in [6.45, 7) is 3.91. The number of aromatic nitrogens is 1. The van der Waals surface area contributed by atoms with Gasteiger partial charge in [0.05, 0.1) is 16.8 Å². The molecule has 5 heteroatoms. The number of aromatic amines is 1. The van der Waals surface area contributed by atoms with Crippen molar-refractivity contribution >= 4 is 23.7 Å². The second-order valence-electron chi connectivity index (χ2n) is 4.21. The van der Waals surface area contributed by atoms with E-state index in [-0.39, 0.29) is 5.91 Å². The van der Waals surface area contributed by atoms with Gasteiger partial charge in [-0.05, 0) is 32.0 Å². The van der Waals surface area contributed by atoms with Crippen LogP contribution in [-0.4, -0.2) is 17.1 Å². The number of amides is 1. The number of nitrogens with one attached hydrogen (secondary N) is 2. The van der Waals surface area contributed by atoms with Crippen LogP contribution in [0.2, 0.25) is 5.02 Å². The molecule has 1 aromatic carbocycles. The fraction of sp³-hybridized carbons (Fsp3) is 0.143. The zero-order valence-electron chi connectivity index (χ0n) is 10.7. The molecule has 0 atom stereocenters.